The fourth-order valence-electron chi connectivity index (χ4n) is 2.29. The summed E-state index contributed by atoms with van der Waals surface area (Å²) in [5.74, 6) is -0.517. The number of methoxy groups -OCH3 is 1. The Kier molecular flexibility index (Phi) is 5.68. The van der Waals surface area contributed by atoms with Crippen molar-refractivity contribution in [1.82, 2.24) is 9.88 Å². The highest BCUT2D eigenvalue weighted by Gasteiger charge is 2.24. The number of aromatic nitrogens is 1. The van der Waals surface area contributed by atoms with Crippen molar-refractivity contribution in [3.63, 3.8) is 0 Å². The van der Waals surface area contributed by atoms with Gasteiger partial charge in [-0.2, -0.15) is 0 Å². The van der Waals surface area contributed by atoms with E-state index in [1.54, 1.807) is 29.3 Å². The standard InChI is InChI=1S/C15H20N2O4/c1-20-14(18)7-9-17(11-12-5-4-10-21-12)15(19)13-6-2-3-8-16-13/h2-3,6,8,12H,4-5,7,9-11H2,1H3. The average molecular weight is 292 g/mol. The number of carbonyl (C=O) groups excluding carboxylic acids is 2. The van der Waals surface area contributed by atoms with Gasteiger partial charge in [0.05, 0.1) is 19.6 Å². The fourth-order valence-corrected chi connectivity index (χ4v) is 2.29. The van der Waals surface area contributed by atoms with E-state index in [4.69, 9.17) is 4.74 Å². The Labute approximate surface area is 124 Å². The van der Waals surface area contributed by atoms with Crippen molar-refractivity contribution in [3.8, 4) is 0 Å². The third kappa shape index (κ3) is 4.53. The van der Waals surface area contributed by atoms with Gasteiger partial charge in [-0.15, -0.1) is 0 Å². The van der Waals surface area contributed by atoms with Gasteiger partial charge in [0.2, 0.25) is 0 Å². The maximum atomic E-state index is 12.5. The molecule has 1 aromatic rings. The molecule has 0 aliphatic carbocycles. The number of amides is 1. The van der Waals surface area contributed by atoms with Crippen LogP contribution in [0.4, 0.5) is 0 Å². The molecule has 0 saturated carbocycles. The maximum Gasteiger partial charge on any atom is 0.307 e. The van der Waals surface area contributed by atoms with Gasteiger partial charge in [0.1, 0.15) is 5.69 Å². The molecule has 1 fully saturated rings. The average Bonchev–Trinajstić information content (AvgIpc) is 3.04. The van der Waals surface area contributed by atoms with Gasteiger partial charge >= 0.3 is 5.97 Å². The van der Waals surface area contributed by atoms with Crippen LogP contribution >= 0.6 is 0 Å². The first-order valence-corrected chi connectivity index (χ1v) is 7.09. The summed E-state index contributed by atoms with van der Waals surface area (Å²) >= 11 is 0. The number of hydrogen-bond donors (Lipinski definition) is 0. The SMILES string of the molecule is COC(=O)CCN(CC1CCCO1)C(=O)c1ccccn1. The van der Waals surface area contributed by atoms with Crippen LogP contribution < -0.4 is 0 Å². The molecule has 0 bridgehead atoms. The molecule has 6 heteroatoms. The molecule has 21 heavy (non-hydrogen) atoms. The van der Waals surface area contributed by atoms with Crippen molar-refractivity contribution >= 4 is 11.9 Å². The zero-order valence-corrected chi connectivity index (χ0v) is 12.2. The molecular formula is C15H20N2O4. The van der Waals surface area contributed by atoms with Crippen LogP contribution in [0, 0.1) is 0 Å². The highest BCUT2D eigenvalue weighted by Crippen LogP contribution is 2.15. The first-order valence-electron chi connectivity index (χ1n) is 7.09. The molecule has 1 aliphatic rings. The van der Waals surface area contributed by atoms with Gasteiger partial charge in [-0.25, -0.2) is 0 Å². The molecule has 114 valence electrons. The third-order valence-electron chi connectivity index (χ3n) is 3.43. The van der Waals surface area contributed by atoms with Crippen LogP contribution in [0.25, 0.3) is 0 Å². The van der Waals surface area contributed by atoms with Gasteiger partial charge in [-0.1, -0.05) is 6.07 Å². The first kappa shape index (κ1) is 15.4. The first-order chi connectivity index (χ1) is 10.2. The number of nitrogens with zero attached hydrogens (tertiary/aromatic N) is 2. The molecule has 1 atom stereocenters. The minimum Gasteiger partial charge on any atom is -0.469 e. The molecule has 1 saturated heterocycles. The van der Waals surface area contributed by atoms with Gasteiger partial charge in [-0.05, 0) is 25.0 Å². The molecule has 0 N–H and O–H groups in total. The molecule has 1 aromatic heterocycles. The van der Waals surface area contributed by atoms with E-state index in [9.17, 15) is 9.59 Å². The summed E-state index contributed by atoms with van der Waals surface area (Å²) in [7, 11) is 1.34. The van der Waals surface area contributed by atoms with E-state index in [1.807, 2.05) is 0 Å². The molecule has 2 heterocycles. The summed E-state index contributed by atoms with van der Waals surface area (Å²) in [4.78, 5) is 29.5. The van der Waals surface area contributed by atoms with E-state index < -0.39 is 0 Å². The normalized spacial score (nSPS) is 17.5. The molecule has 1 aliphatic heterocycles. The third-order valence-corrected chi connectivity index (χ3v) is 3.43. The second-order valence-electron chi connectivity index (χ2n) is 4.93. The van der Waals surface area contributed by atoms with Gasteiger partial charge in [0, 0.05) is 25.9 Å². The lowest BCUT2D eigenvalue weighted by Gasteiger charge is -2.24. The molecule has 0 aromatic carbocycles. The predicted molar refractivity (Wildman–Crippen MR) is 75.7 cm³/mol. The van der Waals surface area contributed by atoms with Crippen LogP contribution in [0.15, 0.2) is 24.4 Å². The summed E-state index contributed by atoms with van der Waals surface area (Å²) < 4.78 is 10.2. The van der Waals surface area contributed by atoms with E-state index in [0.29, 0.717) is 18.8 Å². The monoisotopic (exact) mass is 292 g/mol. The number of carbonyl (C=O) groups is 2. The zero-order valence-electron chi connectivity index (χ0n) is 12.2. The van der Waals surface area contributed by atoms with Gasteiger partial charge in [-0.3, -0.25) is 14.6 Å². The summed E-state index contributed by atoms with van der Waals surface area (Å²) in [5.41, 5.74) is 0.375. The lowest BCUT2D eigenvalue weighted by molar-refractivity contribution is -0.140. The smallest absolute Gasteiger partial charge is 0.307 e. The van der Waals surface area contributed by atoms with E-state index in [0.717, 1.165) is 19.4 Å². The van der Waals surface area contributed by atoms with E-state index in [2.05, 4.69) is 9.72 Å². The Morgan fingerprint density at radius 1 is 1.48 bits per heavy atom. The van der Waals surface area contributed by atoms with Crippen LogP contribution in [0.2, 0.25) is 0 Å². The van der Waals surface area contributed by atoms with Crippen molar-refractivity contribution in [2.45, 2.75) is 25.4 Å². The molecule has 2 rings (SSSR count). The second kappa shape index (κ2) is 7.73. The summed E-state index contributed by atoms with van der Waals surface area (Å²) in [5, 5.41) is 0. The van der Waals surface area contributed by atoms with Crippen molar-refractivity contribution in [2.24, 2.45) is 0 Å². The number of hydrogen-bond acceptors (Lipinski definition) is 5. The summed E-state index contributed by atoms with van der Waals surface area (Å²) in [6.45, 7) is 1.52. The van der Waals surface area contributed by atoms with Crippen LogP contribution in [0.5, 0.6) is 0 Å². The topological polar surface area (TPSA) is 68.7 Å². The van der Waals surface area contributed by atoms with Crippen molar-refractivity contribution in [3.05, 3.63) is 30.1 Å². The van der Waals surface area contributed by atoms with E-state index in [-0.39, 0.29) is 24.4 Å². The minimum absolute atomic E-state index is 0.0373. The van der Waals surface area contributed by atoms with Crippen LogP contribution in [0.1, 0.15) is 29.8 Å². The summed E-state index contributed by atoms with van der Waals surface area (Å²) in [6.07, 6.45) is 3.73. The molecule has 1 unspecified atom stereocenters. The highest BCUT2D eigenvalue weighted by molar-refractivity contribution is 5.92. The number of rotatable bonds is 6. The van der Waals surface area contributed by atoms with Crippen LogP contribution in [-0.4, -0.2) is 54.7 Å². The summed E-state index contributed by atoms with van der Waals surface area (Å²) in [6, 6.07) is 5.20. The quantitative estimate of drug-likeness (QED) is 0.738. The maximum absolute atomic E-state index is 12.5. The Morgan fingerprint density at radius 2 is 2.33 bits per heavy atom. The lowest BCUT2D eigenvalue weighted by Crippen LogP contribution is -2.39. The second-order valence-corrected chi connectivity index (χ2v) is 4.93. The lowest BCUT2D eigenvalue weighted by atomic mass is 10.2. The minimum atomic E-state index is -0.332. The number of ether oxygens (including phenoxy) is 2. The van der Waals surface area contributed by atoms with Gasteiger partial charge < -0.3 is 14.4 Å². The molecule has 0 radical (unpaired) electrons. The van der Waals surface area contributed by atoms with Crippen molar-refractivity contribution < 1.29 is 19.1 Å². The predicted octanol–water partition coefficient (Wildman–Crippen LogP) is 1.27. The molecular weight excluding hydrogens is 272 g/mol. The largest absolute Gasteiger partial charge is 0.469 e. The zero-order chi connectivity index (χ0) is 15.1. The van der Waals surface area contributed by atoms with Gasteiger partial charge in [0.25, 0.3) is 5.91 Å². The van der Waals surface area contributed by atoms with Crippen molar-refractivity contribution in [2.75, 3.05) is 26.8 Å². The van der Waals surface area contributed by atoms with E-state index >= 15 is 0 Å². The van der Waals surface area contributed by atoms with E-state index in [1.165, 1.54) is 7.11 Å². The molecule has 6 nitrogen and oxygen atoms in total. The van der Waals surface area contributed by atoms with Gasteiger partial charge in [0.15, 0.2) is 0 Å². The fraction of sp³-hybridized carbons (Fsp3) is 0.533. The molecule has 0 spiro atoms. The number of esters is 1. The Morgan fingerprint density at radius 3 is 2.95 bits per heavy atom. The highest BCUT2D eigenvalue weighted by atomic mass is 16.5. The molecule has 1 amide bonds. The van der Waals surface area contributed by atoms with Crippen LogP contribution in [-0.2, 0) is 14.3 Å². The Bertz CT molecular complexity index is 472. The Hall–Kier alpha value is -1.95. The van der Waals surface area contributed by atoms with Crippen LogP contribution in [0.3, 0.4) is 0 Å². The van der Waals surface area contributed by atoms with Crippen molar-refractivity contribution in [1.29, 1.82) is 0 Å². The Balaban J connectivity index is 2.02. The number of pyridine rings is 1.